The largest absolute Gasteiger partial charge is 0.479 e. The highest BCUT2D eigenvalue weighted by atomic mass is 79.9. The fourth-order valence-electron chi connectivity index (χ4n) is 3.08. The van der Waals surface area contributed by atoms with Crippen molar-refractivity contribution in [2.24, 2.45) is 0 Å². The quantitative estimate of drug-likeness (QED) is 0.596. The highest BCUT2D eigenvalue weighted by Crippen LogP contribution is 2.52. The number of benzene rings is 2. The summed E-state index contributed by atoms with van der Waals surface area (Å²) < 4.78 is 25.0. The molecule has 144 valence electrons. The predicted octanol–water partition coefficient (Wildman–Crippen LogP) is 4.57. The van der Waals surface area contributed by atoms with Crippen molar-refractivity contribution in [2.75, 3.05) is 0 Å². The first-order valence-electron chi connectivity index (χ1n) is 8.69. The van der Waals surface area contributed by atoms with Crippen LogP contribution in [0.5, 0.6) is 5.75 Å². The van der Waals surface area contributed by atoms with Crippen LogP contribution in [0.1, 0.15) is 31.2 Å². The molecule has 6 nitrogen and oxygen atoms in total. The molecule has 0 saturated heterocycles. The van der Waals surface area contributed by atoms with Gasteiger partial charge in [-0.15, -0.1) is 0 Å². The second kappa shape index (κ2) is 7.01. The summed E-state index contributed by atoms with van der Waals surface area (Å²) in [4.78, 5) is 15.7. The second-order valence-electron chi connectivity index (χ2n) is 6.75. The molecule has 0 radical (unpaired) electrons. The smallest absolute Gasteiger partial charge is 0.344 e. The molecule has 1 atom stereocenters. The van der Waals surface area contributed by atoms with Gasteiger partial charge in [-0.1, -0.05) is 33.2 Å². The summed E-state index contributed by atoms with van der Waals surface area (Å²) in [5.74, 6) is -0.284. The number of nitrogens with zero attached hydrogens (tertiary/aromatic N) is 2. The molecule has 0 bridgehead atoms. The van der Waals surface area contributed by atoms with Gasteiger partial charge in [0.15, 0.2) is 11.9 Å². The zero-order valence-corrected chi connectivity index (χ0v) is 16.4. The van der Waals surface area contributed by atoms with E-state index < -0.39 is 12.1 Å². The van der Waals surface area contributed by atoms with Gasteiger partial charge in [0.2, 0.25) is 0 Å². The SMILES string of the molecule is CC(Oc1ccc(Br)cc1-c1nc(C2(c3ccc(F)cc3)CC2)no1)C(=O)O. The Kier molecular flexibility index (Phi) is 4.66. The first kappa shape index (κ1) is 18.6. The average Bonchev–Trinajstić information content (AvgIpc) is 3.33. The maximum atomic E-state index is 13.3. The molecule has 1 aliphatic carbocycles. The lowest BCUT2D eigenvalue weighted by atomic mass is 9.95. The number of hydrogen-bond acceptors (Lipinski definition) is 5. The molecule has 1 saturated carbocycles. The molecule has 4 rings (SSSR count). The number of carboxylic acids is 1. The predicted molar refractivity (Wildman–Crippen MR) is 102 cm³/mol. The van der Waals surface area contributed by atoms with Crippen molar-refractivity contribution in [3.63, 3.8) is 0 Å². The molecule has 2 aromatic carbocycles. The average molecular weight is 447 g/mol. The molecule has 28 heavy (non-hydrogen) atoms. The van der Waals surface area contributed by atoms with Crippen LogP contribution in [0.15, 0.2) is 51.5 Å². The minimum Gasteiger partial charge on any atom is -0.479 e. The number of halogens is 2. The van der Waals surface area contributed by atoms with Crippen LogP contribution >= 0.6 is 15.9 Å². The van der Waals surface area contributed by atoms with E-state index in [0.717, 1.165) is 22.9 Å². The number of hydrogen-bond donors (Lipinski definition) is 1. The summed E-state index contributed by atoms with van der Waals surface area (Å²) in [5, 5.41) is 13.3. The number of rotatable bonds is 6. The molecule has 1 fully saturated rings. The van der Waals surface area contributed by atoms with E-state index in [4.69, 9.17) is 14.4 Å². The molecule has 1 heterocycles. The minimum atomic E-state index is -1.08. The summed E-state index contributed by atoms with van der Waals surface area (Å²) >= 11 is 3.39. The number of carbonyl (C=O) groups is 1. The van der Waals surface area contributed by atoms with Crippen molar-refractivity contribution in [3.05, 3.63) is 64.1 Å². The Morgan fingerprint density at radius 2 is 2.00 bits per heavy atom. The zero-order valence-electron chi connectivity index (χ0n) is 14.9. The highest BCUT2D eigenvalue weighted by Gasteiger charge is 2.50. The van der Waals surface area contributed by atoms with Crippen molar-refractivity contribution in [1.82, 2.24) is 10.1 Å². The number of ether oxygens (including phenoxy) is 1. The third-order valence-electron chi connectivity index (χ3n) is 4.82. The zero-order chi connectivity index (χ0) is 19.9. The minimum absolute atomic E-state index is 0.234. The van der Waals surface area contributed by atoms with E-state index in [0.29, 0.717) is 17.1 Å². The van der Waals surface area contributed by atoms with Gasteiger partial charge in [0.05, 0.1) is 11.0 Å². The van der Waals surface area contributed by atoms with Crippen LogP contribution in [0.3, 0.4) is 0 Å². The lowest BCUT2D eigenvalue weighted by Gasteiger charge is -2.13. The number of aliphatic carboxylic acids is 1. The summed E-state index contributed by atoms with van der Waals surface area (Å²) in [6.07, 6.45) is 0.654. The van der Waals surface area contributed by atoms with E-state index in [9.17, 15) is 9.18 Å². The molecule has 0 spiro atoms. The van der Waals surface area contributed by atoms with Gasteiger partial charge >= 0.3 is 5.97 Å². The Morgan fingerprint density at radius 1 is 1.29 bits per heavy atom. The van der Waals surface area contributed by atoms with E-state index >= 15 is 0 Å². The van der Waals surface area contributed by atoms with Crippen molar-refractivity contribution in [3.8, 4) is 17.2 Å². The molecule has 1 unspecified atom stereocenters. The fourth-order valence-corrected chi connectivity index (χ4v) is 3.44. The lowest BCUT2D eigenvalue weighted by molar-refractivity contribution is -0.144. The van der Waals surface area contributed by atoms with Gasteiger partial charge in [-0.25, -0.2) is 9.18 Å². The molecule has 1 aromatic heterocycles. The van der Waals surface area contributed by atoms with Crippen LogP contribution in [-0.4, -0.2) is 27.3 Å². The maximum Gasteiger partial charge on any atom is 0.344 e. The number of carboxylic acid groups (broad SMARTS) is 1. The summed E-state index contributed by atoms with van der Waals surface area (Å²) in [6, 6.07) is 11.4. The van der Waals surface area contributed by atoms with Crippen LogP contribution in [0.25, 0.3) is 11.5 Å². The third kappa shape index (κ3) is 3.40. The van der Waals surface area contributed by atoms with Crippen molar-refractivity contribution in [1.29, 1.82) is 0 Å². The van der Waals surface area contributed by atoms with Crippen LogP contribution < -0.4 is 4.74 Å². The maximum absolute atomic E-state index is 13.3. The molecule has 1 N–H and O–H groups in total. The van der Waals surface area contributed by atoms with Crippen molar-refractivity contribution < 1.29 is 23.6 Å². The van der Waals surface area contributed by atoms with Gasteiger partial charge in [0.1, 0.15) is 11.6 Å². The van der Waals surface area contributed by atoms with E-state index in [1.807, 2.05) is 0 Å². The van der Waals surface area contributed by atoms with E-state index in [-0.39, 0.29) is 17.1 Å². The highest BCUT2D eigenvalue weighted by molar-refractivity contribution is 9.10. The Labute approximate surface area is 168 Å². The van der Waals surface area contributed by atoms with Gasteiger partial charge in [0, 0.05) is 4.47 Å². The summed E-state index contributed by atoms with van der Waals surface area (Å²) in [6.45, 7) is 1.45. The van der Waals surface area contributed by atoms with Crippen LogP contribution in [-0.2, 0) is 10.2 Å². The summed E-state index contributed by atoms with van der Waals surface area (Å²) in [5.41, 5.74) is 1.05. The first-order chi connectivity index (χ1) is 13.4. The molecule has 0 amide bonds. The van der Waals surface area contributed by atoms with E-state index in [2.05, 4.69) is 26.1 Å². The van der Waals surface area contributed by atoms with Gasteiger partial charge in [-0.2, -0.15) is 4.98 Å². The Balaban J connectivity index is 1.69. The van der Waals surface area contributed by atoms with Gasteiger partial charge in [-0.3, -0.25) is 0 Å². The third-order valence-corrected chi connectivity index (χ3v) is 5.32. The fraction of sp³-hybridized carbons (Fsp3) is 0.250. The topological polar surface area (TPSA) is 85.5 Å². The van der Waals surface area contributed by atoms with Crippen molar-refractivity contribution in [2.45, 2.75) is 31.3 Å². The molecular weight excluding hydrogens is 431 g/mol. The van der Waals surface area contributed by atoms with Crippen molar-refractivity contribution >= 4 is 21.9 Å². The molecule has 1 aliphatic rings. The molecular formula is C20H16BrFN2O4. The van der Waals surface area contributed by atoms with E-state index in [1.165, 1.54) is 19.1 Å². The van der Waals surface area contributed by atoms with E-state index in [1.54, 1.807) is 30.3 Å². The van der Waals surface area contributed by atoms with Gasteiger partial charge in [-0.05, 0) is 55.7 Å². The van der Waals surface area contributed by atoms with Crippen LogP contribution in [0.4, 0.5) is 4.39 Å². The monoisotopic (exact) mass is 446 g/mol. The Bertz CT molecular complexity index is 1030. The standard InChI is InChI=1S/C20H16BrFN2O4/c1-11(18(25)26)27-16-7-4-13(21)10-15(16)17-23-19(24-28-17)20(8-9-20)12-2-5-14(22)6-3-12/h2-7,10-11H,8-9H2,1H3,(H,25,26). The Morgan fingerprint density at radius 3 is 2.64 bits per heavy atom. The van der Waals surface area contributed by atoms with Gasteiger partial charge in [0.25, 0.3) is 5.89 Å². The number of aromatic nitrogens is 2. The second-order valence-corrected chi connectivity index (χ2v) is 7.67. The van der Waals surface area contributed by atoms with Crippen LogP contribution in [0.2, 0.25) is 0 Å². The normalized spacial score (nSPS) is 15.8. The lowest BCUT2D eigenvalue weighted by Crippen LogP contribution is -2.23. The Hall–Kier alpha value is -2.74. The first-order valence-corrected chi connectivity index (χ1v) is 9.48. The summed E-state index contributed by atoms with van der Waals surface area (Å²) in [7, 11) is 0. The van der Waals surface area contributed by atoms with Crippen LogP contribution in [0, 0.1) is 5.82 Å². The van der Waals surface area contributed by atoms with Gasteiger partial charge < -0.3 is 14.4 Å². The molecule has 0 aliphatic heterocycles. The molecule has 8 heteroatoms. The molecule has 3 aromatic rings.